The molecular formula is C11H11BrFNOS. The maximum Gasteiger partial charge on any atom is 0.228 e. The van der Waals surface area contributed by atoms with E-state index >= 15 is 0 Å². The zero-order valence-electron chi connectivity index (χ0n) is 8.50. The predicted octanol–water partition coefficient (Wildman–Crippen LogP) is 3.28. The van der Waals surface area contributed by atoms with Crippen molar-refractivity contribution in [2.24, 2.45) is 5.92 Å². The number of amides is 1. The van der Waals surface area contributed by atoms with Crippen LogP contribution >= 0.6 is 27.7 Å². The molecule has 1 aliphatic heterocycles. The Morgan fingerprint density at radius 1 is 1.56 bits per heavy atom. The van der Waals surface area contributed by atoms with Gasteiger partial charge in [-0.3, -0.25) is 4.79 Å². The zero-order valence-corrected chi connectivity index (χ0v) is 10.9. The van der Waals surface area contributed by atoms with E-state index in [1.54, 1.807) is 23.9 Å². The molecule has 16 heavy (non-hydrogen) atoms. The summed E-state index contributed by atoms with van der Waals surface area (Å²) in [4.78, 5) is 11.7. The van der Waals surface area contributed by atoms with Crippen LogP contribution in [0.5, 0.6) is 0 Å². The fraction of sp³-hybridized carbons (Fsp3) is 0.364. The van der Waals surface area contributed by atoms with Crippen LogP contribution in [0.15, 0.2) is 22.7 Å². The van der Waals surface area contributed by atoms with Gasteiger partial charge in [-0.15, -0.1) is 0 Å². The Labute approximate surface area is 106 Å². The van der Waals surface area contributed by atoms with E-state index < -0.39 is 5.82 Å². The van der Waals surface area contributed by atoms with Gasteiger partial charge in [-0.25, -0.2) is 4.39 Å². The van der Waals surface area contributed by atoms with Crippen LogP contribution in [0.25, 0.3) is 0 Å². The van der Waals surface area contributed by atoms with Gasteiger partial charge in [0.1, 0.15) is 5.82 Å². The summed E-state index contributed by atoms with van der Waals surface area (Å²) in [5.74, 6) is 1.39. The van der Waals surface area contributed by atoms with Gasteiger partial charge in [-0.05, 0) is 30.4 Å². The number of hydrogen-bond acceptors (Lipinski definition) is 2. The molecule has 5 heteroatoms. The maximum absolute atomic E-state index is 13.4. The van der Waals surface area contributed by atoms with Crippen LogP contribution in [-0.4, -0.2) is 17.4 Å². The quantitative estimate of drug-likeness (QED) is 0.908. The number of nitrogens with one attached hydrogen (secondary N) is 1. The Bertz CT molecular complexity index is 407. The van der Waals surface area contributed by atoms with E-state index in [-0.39, 0.29) is 17.5 Å². The summed E-state index contributed by atoms with van der Waals surface area (Å²) in [5.41, 5.74) is 0.255. The van der Waals surface area contributed by atoms with E-state index in [1.165, 1.54) is 6.07 Å². The Morgan fingerprint density at radius 2 is 2.38 bits per heavy atom. The third-order valence-corrected chi connectivity index (χ3v) is 4.15. The second-order valence-corrected chi connectivity index (χ2v) is 5.74. The average molecular weight is 304 g/mol. The van der Waals surface area contributed by atoms with Gasteiger partial charge in [-0.1, -0.05) is 15.9 Å². The molecule has 0 aromatic heterocycles. The molecule has 1 heterocycles. The lowest BCUT2D eigenvalue weighted by Crippen LogP contribution is -2.22. The van der Waals surface area contributed by atoms with Crippen LogP contribution < -0.4 is 5.32 Å². The largest absolute Gasteiger partial charge is 0.323 e. The van der Waals surface area contributed by atoms with E-state index in [0.717, 1.165) is 17.9 Å². The number of carbonyl (C=O) groups is 1. The monoisotopic (exact) mass is 303 g/mol. The summed E-state index contributed by atoms with van der Waals surface area (Å²) in [7, 11) is 0. The van der Waals surface area contributed by atoms with Crippen LogP contribution in [0, 0.1) is 11.7 Å². The lowest BCUT2D eigenvalue weighted by molar-refractivity contribution is -0.119. The first-order chi connectivity index (χ1) is 7.66. The third-order valence-electron chi connectivity index (χ3n) is 2.49. The highest BCUT2D eigenvalue weighted by atomic mass is 79.9. The molecule has 1 aromatic rings. The van der Waals surface area contributed by atoms with E-state index in [9.17, 15) is 9.18 Å². The standard InChI is InChI=1S/C11H11BrFNOS/c12-8-1-2-10(9(13)5-8)14-11(15)7-3-4-16-6-7/h1-2,5,7H,3-4,6H2,(H,14,15). The molecule has 2 rings (SSSR count). The van der Waals surface area contributed by atoms with Crippen molar-refractivity contribution in [1.82, 2.24) is 0 Å². The van der Waals surface area contributed by atoms with Crippen LogP contribution in [0.4, 0.5) is 10.1 Å². The van der Waals surface area contributed by atoms with Crippen molar-refractivity contribution in [3.05, 3.63) is 28.5 Å². The SMILES string of the molecule is O=C(Nc1ccc(Br)cc1F)C1CCSC1. The van der Waals surface area contributed by atoms with E-state index in [1.807, 2.05) is 0 Å². The van der Waals surface area contributed by atoms with Crippen LogP contribution in [-0.2, 0) is 4.79 Å². The van der Waals surface area contributed by atoms with Crippen molar-refractivity contribution >= 4 is 39.3 Å². The van der Waals surface area contributed by atoms with Crippen molar-refractivity contribution in [2.75, 3.05) is 16.8 Å². The van der Waals surface area contributed by atoms with Crippen LogP contribution in [0.3, 0.4) is 0 Å². The summed E-state index contributed by atoms with van der Waals surface area (Å²) in [6.45, 7) is 0. The van der Waals surface area contributed by atoms with Gasteiger partial charge < -0.3 is 5.32 Å². The molecular weight excluding hydrogens is 293 g/mol. The smallest absolute Gasteiger partial charge is 0.228 e. The van der Waals surface area contributed by atoms with E-state index in [4.69, 9.17) is 0 Å². The molecule has 0 spiro atoms. The highest BCUT2D eigenvalue weighted by Gasteiger charge is 2.23. The van der Waals surface area contributed by atoms with Gasteiger partial charge in [0.2, 0.25) is 5.91 Å². The van der Waals surface area contributed by atoms with Crippen molar-refractivity contribution in [1.29, 1.82) is 0 Å². The Hall–Kier alpha value is -0.550. The van der Waals surface area contributed by atoms with Gasteiger partial charge >= 0.3 is 0 Å². The maximum atomic E-state index is 13.4. The second kappa shape index (κ2) is 5.19. The number of thioether (sulfide) groups is 1. The van der Waals surface area contributed by atoms with Crippen LogP contribution in [0.2, 0.25) is 0 Å². The number of anilines is 1. The van der Waals surface area contributed by atoms with Gasteiger partial charge in [0.05, 0.1) is 5.69 Å². The molecule has 1 fully saturated rings. The third kappa shape index (κ3) is 2.77. The lowest BCUT2D eigenvalue weighted by Gasteiger charge is -2.10. The molecule has 1 saturated heterocycles. The molecule has 0 aliphatic carbocycles. The minimum Gasteiger partial charge on any atom is -0.323 e. The lowest BCUT2D eigenvalue weighted by atomic mass is 10.1. The predicted molar refractivity (Wildman–Crippen MR) is 68.2 cm³/mol. The Morgan fingerprint density at radius 3 is 3.00 bits per heavy atom. The minimum absolute atomic E-state index is 0.0213. The van der Waals surface area contributed by atoms with Crippen molar-refractivity contribution in [3.63, 3.8) is 0 Å². The molecule has 1 amide bonds. The second-order valence-electron chi connectivity index (χ2n) is 3.67. The van der Waals surface area contributed by atoms with E-state index in [0.29, 0.717) is 4.47 Å². The number of carbonyl (C=O) groups excluding carboxylic acids is 1. The van der Waals surface area contributed by atoms with Crippen LogP contribution in [0.1, 0.15) is 6.42 Å². The first-order valence-electron chi connectivity index (χ1n) is 5.00. The molecule has 0 bridgehead atoms. The minimum atomic E-state index is -0.409. The highest BCUT2D eigenvalue weighted by molar-refractivity contribution is 9.10. The molecule has 86 valence electrons. The summed E-state index contributed by atoms with van der Waals surface area (Å²) in [5, 5.41) is 2.63. The Balaban J connectivity index is 2.05. The Kier molecular flexibility index (Phi) is 3.86. The summed E-state index contributed by atoms with van der Waals surface area (Å²) in [6, 6.07) is 4.63. The summed E-state index contributed by atoms with van der Waals surface area (Å²) in [6.07, 6.45) is 0.884. The molecule has 0 radical (unpaired) electrons. The number of halogens is 2. The fourth-order valence-electron chi connectivity index (χ4n) is 1.57. The average Bonchev–Trinajstić information content (AvgIpc) is 2.75. The molecule has 1 atom stereocenters. The number of hydrogen-bond donors (Lipinski definition) is 1. The first kappa shape index (κ1) is 11.9. The van der Waals surface area contributed by atoms with Crippen molar-refractivity contribution in [3.8, 4) is 0 Å². The fourth-order valence-corrected chi connectivity index (χ4v) is 3.12. The van der Waals surface area contributed by atoms with Gasteiger partial charge in [-0.2, -0.15) is 11.8 Å². The highest BCUT2D eigenvalue weighted by Crippen LogP contribution is 2.26. The molecule has 0 saturated carbocycles. The molecule has 2 nitrogen and oxygen atoms in total. The number of rotatable bonds is 2. The van der Waals surface area contributed by atoms with Gasteiger partial charge in [0.25, 0.3) is 0 Å². The topological polar surface area (TPSA) is 29.1 Å². The van der Waals surface area contributed by atoms with Crippen molar-refractivity contribution < 1.29 is 9.18 Å². The number of benzene rings is 1. The van der Waals surface area contributed by atoms with Gasteiger partial charge in [0, 0.05) is 16.1 Å². The van der Waals surface area contributed by atoms with E-state index in [2.05, 4.69) is 21.2 Å². The zero-order chi connectivity index (χ0) is 11.5. The molecule has 1 aromatic carbocycles. The normalized spacial score (nSPS) is 19.8. The first-order valence-corrected chi connectivity index (χ1v) is 6.95. The van der Waals surface area contributed by atoms with Crippen molar-refractivity contribution in [2.45, 2.75) is 6.42 Å². The molecule has 1 aliphatic rings. The molecule has 1 N–H and O–H groups in total. The summed E-state index contributed by atoms with van der Waals surface area (Å²) >= 11 is 4.94. The summed E-state index contributed by atoms with van der Waals surface area (Å²) < 4.78 is 14.1. The van der Waals surface area contributed by atoms with Gasteiger partial charge in [0.15, 0.2) is 0 Å². The molecule has 1 unspecified atom stereocenters.